The van der Waals surface area contributed by atoms with Crippen molar-refractivity contribution < 1.29 is 9.53 Å². The van der Waals surface area contributed by atoms with E-state index >= 15 is 0 Å². The molecule has 1 aliphatic rings. The highest BCUT2D eigenvalue weighted by molar-refractivity contribution is 6.10. The Bertz CT molecular complexity index is 507. The first-order valence-electron chi connectivity index (χ1n) is 6.07. The van der Waals surface area contributed by atoms with Crippen molar-refractivity contribution >= 4 is 11.6 Å². The van der Waals surface area contributed by atoms with Gasteiger partial charge in [-0.15, -0.1) is 0 Å². The number of benzene rings is 1. The summed E-state index contributed by atoms with van der Waals surface area (Å²) >= 11 is 0. The van der Waals surface area contributed by atoms with Crippen LogP contribution in [-0.2, 0) is 0 Å². The second kappa shape index (κ2) is 5.21. The number of rotatable bonds is 4. The minimum Gasteiger partial charge on any atom is -0.496 e. The van der Waals surface area contributed by atoms with Crippen molar-refractivity contribution in [2.75, 3.05) is 20.2 Å². The molecule has 1 aliphatic heterocycles. The first-order chi connectivity index (χ1) is 8.61. The highest BCUT2D eigenvalue weighted by atomic mass is 16.5. The van der Waals surface area contributed by atoms with Gasteiger partial charge in [-0.2, -0.15) is 0 Å². The van der Waals surface area contributed by atoms with Gasteiger partial charge in [0.2, 0.25) is 0 Å². The average Bonchev–Trinajstić information content (AvgIpc) is 2.84. The van der Waals surface area contributed by atoms with Crippen molar-refractivity contribution in [3.63, 3.8) is 0 Å². The predicted octanol–water partition coefficient (Wildman–Crippen LogP) is 1.89. The van der Waals surface area contributed by atoms with Crippen molar-refractivity contribution in [3.05, 3.63) is 28.8 Å². The lowest BCUT2D eigenvalue weighted by atomic mass is 10.0. The van der Waals surface area contributed by atoms with Crippen molar-refractivity contribution in [1.82, 2.24) is 5.32 Å². The molecule has 1 heterocycles. The molecule has 0 aromatic heterocycles. The van der Waals surface area contributed by atoms with Gasteiger partial charge in [0.15, 0.2) is 5.78 Å². The van der Waals surface area contributed by atoms with Crippen molar-refractivity contribution in [1.29, 1.82) is 0 Å². The van der Waals surface area contributed by atoms with E-state index in [1.54, 1.807) is 7.11 Å². The van der Waals surface area contributed by atoms with Crippen molar-refractivity contribution in [3.8, 4) is 5.75 Å². The largest absolute Gasteiger partial charge is 0.496 e. The predicted molar refractivity (Wildman–Crippen MR) is 71.7 cm³/mol. The monoisotopic (exact) mass is 246 g/mol. The van der Waals surface area contributed by atoms with Crippen LogP contribution in [-0.4, -0.2) is 31.8 Å². The second-order valence-corrected chi connectivity index (χ2v) is 4.49. The molecule has 2 rings (SSSR count). The number of hydrogen-bond donors (Lipinski definition) is 1. The van der Waals surface area contributed by atoms with E-state index in [1.165, 1.54) is 0 Å². The molecule has 0 saturated carbocycles. The molecular weight excluding hydrogens is 228 g/mol. The Labute approximate surface area is 107 Å². The van der Waals surface area contributed by atoms with Gasteiger partial charge in [-0.1, -0.05) is 0 Å². The molecule has 4 nitrogen and oxygen atoms in total. The molecule has 1 aromatic carbocycles. The summed E-state index contributed by atoms with van der Waals surface area (Å²) in [7, 11) is 1.59. The van der Waals surface area contributed by atoms with Gasteiger partial charge in [0.05, 0.1) is 25.6 Å². The fraction of sp³-hybridized carbons (Fsp3) is 0.429. The Hall–Kier alpha value is -1.84. The molecule has 0 saturated heterocycles. The zero-order valence-corrected chi connectivity index (χ0v) is 11.0. The molecule has 0 amide bonds. The summed E-state index contributed by atoms with van der Waals surface area (Å²) in [5, 5.41) is 3.11. The van der Waals surface area contributed by atoms with Crippen LogP contribution >= 0.6 is 0 Å². The normalized spacial score (nSPS) is 14.1. The molecule has 0 fully saturated rings. The summed E-state index contributed by atoms with van der Waals surface area (Å²) in [4.78, 5) is 16.5. The zero-order valence-electron chi connectivity index (χ0n) is 11.0. The third kappa shape index (κ3) is 2.53. The van der Waals surface area contributed by atoms with Gasteiger partial charge in [0.25, 0.3) is 0 Å². The van der Waals surface area contributed by atoms with Crippen LogP contribution in [0.15, 0.2) is 17.1 Å². The van der Waals surface area contributed by atoms with Crippen LogP contribution in [0, 0.1) is 13.8 Å². The Morgan fingerprint density at radius 2 is 2.11 bits per heavy atom. The standard InChI is InChI=1S/C14H18N2O2/c1-9-6-11(13(18-3)7-10(9)2)12(17)8-14-15-4-5-16-14/h6-7H,4-5,8H2,1-3H3,(H,15,16). The molecule has 18 heavy (non-hydrogen) atoms. The number of carbonyl (C=O) groups excluding carboxylic acids is 1. The first kappa shape index (κ1) is 12.6. The minimum atomic E-state index is 0.0445. The molecular formula is C14H18N2O2. The fourth-order valence-electron chi connectivity index (χ4n) is 1.99. The Balaban J connectivity index is 2.26. The number of hydrogen-bond acceptors (Lipinski definition) is 4. The highest BCUT2D eigenvalue weighted by Gasteiger charge is 2.17. The number of ether oxygens (including phenoxy) is 1. The van der Waals surface area contributed by atoms with Gasteiger partial charge in [-0.05, 0) is 37.1 Å². The van der Waals surface area contributed by atoms with E-state index in [0.717, 1.165) is 30.1 Å². The van der Waals surface area contributed by atoms with Gasteiger partial charge >= 0.3 is 0 Å². The van der Waals surface area contributed by atoms with Gasteiger partial charge in [-0.25, -0.2) is 0 Å². The number of aliphatic imine (C=N–C) groups is 1. The molecule has 0 radical (unpaired) electrons. The van der Waals surface area contributed by atoms with E-state index in [9.17, 15) is 4.79 Å². The number of aryl methyl sites for hydroxylation is 2. The number of Topliss-reactive ketones (excluding diaryl/α,β-unsaturated/α-hetero) is 1. The second-order valence-electron chi connectivity index (χ2n) is 4.49. The van der Waals surface area contributed by atoms with E-state index in [0.29, 0.717) is 17.7 Å². The SMILES string of the molecule is COc1cc(C)c(C)cc1C(=O)CC1=NCCN1. The van der Waals surface area contributed by atoms with E-state index < -0.39 is 0 Å². The molecule has 1 N–H and O–H groups in total. The minimum absolute atomic E-state index is 0.0445. The van der Waals surface area contributed by atoms with Crippen LogP contribution in [0.1, 0.15) is 27.9 Å². The van der Waals surface area contributed by atoms with Crippen LogP contribution in [0.4, 0.5) is 0 Å². The third-order valence-corrected chi connectivity index (χ3v) is 3.19. The molecule has 0 bridgehead atoms. The lowest BCUT2D eigenvalue weighted by Gasteiger charge is -2.11. The number of ketones is 1. The van der Waals surface area contributed by atoms with Crippen LogP contribution in [0.2, 0.25) is 0 Å². The van der Waals surface area contributed by atoms with Gasteiger partial charge in [0, 0.05) is 6.54 Å². The molecule has 0 spiro atoms. The summed E-state index contributed by atoms with van der Waals surface area (Å²) in [6, 6.07) is 3.80. The van der Waals surface area contributed by atoms with Crippen LogP contribution in [0.5, 0.6) is 5.75 Å². The molecule has 0 unspecified atom stereocenters. The molecule has 96 valence electrons. The van der Waals surface area contributed by atoms with Crippen LogP contribution in [0.25, 0.3) is 0 Å². The molecule has 4 heteroatoms. The fourth-order valence-corrected chi connectivity index (χ4v) is 1.99. The van der Waals surface area contributed by atoms with Crippen LogP contribution in [0.3, 0.4) is 0 Å². The third-order valence-electron chi connectivity index (χ3n) is 3.19. The smallest absolute Gasteiger partial charge is 0.174 e. The number of nitrogens with zero attached hydrogens (tertiary/aromatic N) is 1. The summed E-state index contributed by atoms with van der Waals surface area (Å²) in [5.41, 5.74) is 2.86. The average molecular weight is 246 g/mol. The quantitative estimate of drug-likeness (QED) is 0.825. The topological polar surface area (TPSA) is 50.7 Å². The van der Waals surface area contributed by atoms with Crippen molar-refractivity contribution in [2.24, 2.45) is 4.99 Å². The van der Waals surface area contributed by atoms with E-state index in [-0.39, 0.29) is 5.78 Å². The molecule has 0 atom stereocenters. The first-order valence-corrected chi connectivity index (χ1v) is 6.07. The number of amidine groups is 1. The number of carbonyl (C=O) groups is 1. The zero-order chi connectivity index (χ0) is 13.1. The lowest BCUT2D eigenvalue weighted by Crippen LogP contribution is -2.22. The lowest BCUT2D eigenvalue weighted by molar-refractivity contribution is 0.0997. The maximum atomic E-state index is 12.2. The Morgan fingerprint density at radius 1 is 1.39 bits per heavy atom. The summed E-state index contributed by atoms with van der Waals surface area (Å²) in [6.07, 6.45) is 0.318. The summed E-state index contributed by atoms with van der Waals surface area (Å²) in [6.45, 7) is 5.59. The number of methoxy groups -OCH3 is 1. The van der Waals surface area contributed by atoms with Gasteiger partial charge in [-0.3, -0.25) is 9.79 Å². The number of nitrogens with one attached hydrogen (secondary N) is 1. The van der Waals surface area contributed by atoms with E-state index in [4.69, 9.17) is 4.74 Å². The highest BCUT2D eigenvalue weighted by Crippen LogP contribution is 2.24. The Kier molecular flexibility index (Phi) is 3.65. The Morgan fingerprint density at radius 3 is 2.72 bits per heavy atom. The summed E-state index contributed by atoms with van der Waals surface area (Å²) < 4.78 is 5.29. The van der Waals surface area contributed by atoms with Crippen LogP contribution < -0.4 is 10.1 Å². The van der Waals surface area contributed by atoms with Gasteiger partial charge < -0.3 is 10.1 Å². The maximum absolute atomic E-state index is 12.2. The molecule has 0 aliphatic carbocycles. The van der Waals surface area contributed by atoms with E-state index in [1.807, 2.05) is 26.0 Å². The van der Waals surface area contributed by atoms with Crippen molar-refractivity contribution in [2.45, 2.75) is 20.3 Å². The molecule has 1 aromatic rings. The maximum Gasteiger partial charge on any atom is 0.174 e. The van der Waals surface area contributed by atoms with Gasteiger partial charge in [0.1, 0.15) is 11.6 Å². The van der Waals surface area contributed by atoms with E-state index in [2.05, 4.69) is 10.3 Å². The summed E-state index contributed by atoms with van der Waals surface area (Å²) in [5.74, 6) is 1.46.